The Morgan fingerprint density at radius 1 is 0.897 bits per heavy atom. The first-order valence-electron chi connectivity index (χ1n) is 8.81. The molecule has 0 aliphatic rings. The second kappa shape index (κ2) is 6.79. The highest BCUT2D eigenvalue weighted by Crippen LogP contribution is 2.34. The van der Waals surface area contributed by atoms with E-state index < -0.39 is 5.97 Å². The van der Waals surface area contributed by atoms with E-state index in [0.717, 1.165) is 10.5 Å². The fourth-order valence-electron chi connectivity index (χ4n) is 3.22. The van der Waals surface area contributed by atoms with E-state index in [1.807, 2.05) is 42.5 Å². The molecule has 0 spiro atoms. The van der Waals surface area contributed by atoms with E-state index in [1.54, 1.807) is 18.2 Å². The van der Waals surface area contributed by atoms with E-state index in [-0.39, 0.29) is 0 Å². The number of fused-ring (bicyclic) bond motifs is 2. The maximum Gasteiger partial charge on any atom is 0.340 e. The number of oxazole rings is 2. The largest absolute Gasteiger partial charge is 0.465 e. The Morgan fingerprint density at radius 2 is 1.59 bits per heavy atom. The van der Waals surface area contributed by atoms with E-state index in [4.69, 9.17) is 13.6 Å². The van der Waals surface area contributed by atoms with E-state index in [1.165, 1.54) is 7.11 Å². The molecule has 3 aromatic carbocycles. The predicted molar refractivity (Wildman–Crippen MR) is 111 cm³/mol. The van der Waals surface area contributed by atoms with Crippen LogP contribution in [0.4, 0.5) is 0 Å². The molecule has 29 heavy (non-hydrogen) atoms. The van der Waals surface area contributed by atoms with E-state index in [9.17, 15) is 4.79 Å². The molecule has 0 atom stereocenters. The summed E-state index contributed by atoms with van der Waals surface area (Å²) in [5.41, 5.74) is 4.01. The van der Waals surface area contributed by atoms with Gasteiger partial charge in [-0.05, 0) is 42.5 Å². The molecule has 0 N–H and O–H groups in total. The number of para-hydroxylation sites is 2. The van der Waals surface area contributed by atoms with Gasteiger partial charge in [0.1, 0.15) is 11.0 Å². The lowest BCUT2D eigenvalue weighted by Crippen LogP contribution is -2.01. The van der Waals surface area contributed by atoms with Crippen LogP contribution in [0.3, 0.4) is 0 Å². The fourth-order valence-corrected chi connectivity index (χ4v) is 3.45. The maximum absolute atomic E-state index is 12.0. The van der Waals surface area contributed by atoms with Gasteiger partial charge < -0.3 is 13.6 Å². The molecule has 0 amide bonds. The molecule has 5 aromatic rings. The summed E-state index contributed by atoms with van der Waals surface area (Å²) in [6.45, 7) is 0. The standard InChI is InChI=1S/C22H14N2O4S/c1-26-22(25)15-8-4-10-17-19(15)24-21(28-17)14-7-3-9-16-18(14)23-20(27-16)12-5-2-6-13(29)11-12/h2-11,29H,1H3. The third-order valence-electron chi connectivity index (χ3n) is 4.57. The highest BCUT2D eigenvalue weighted by Gasteiger charge is 2.20. The number of nitrogens with zero attached hydrogens (tertiary/aromatic N) is 2. The number of rotatable bonds is 3. The topological polar surface area (TPSA) is 78.4 Å². The summed E-state index contributed by atoms with van der Waals surface area (Å²) in [5, 5.41) is 0. The summed E-state index contributed by atoms with van der Waals surface area (Å²) in [6, 6.07) is 18.2. The van der Waals surface area contributed by atoms with Crippen molar-refractivity contribution in [3.63, 3.8) is 0 Å². The number of hydrogen-bond acceptors (Lipinski definition) is 7. The number of ether oxygens (including phenoxy) is 1. The Balaban J connectivity index is 1.68. The summed E-state index contributed by atoms with van der Waals surface area (Å²) in [5.74, 6) is 0.364. The first kappa shape index (κ1) is 17.5. The van der Waals surface area contributed by atoms with Crippen molar-refractivity contribution in [2.24, 2.45) is 0 Å². The Kier molecular flexibility index (Phi) is 4.10. The average molecular weight is 402 g/mol. The van der Waals surface area contributed by atoms with Crippen LogP contribution in [-0.2, 0) is 4.74 Å². The molecule has 5 rings (SSSR count). The molecule has 0 aliphatic carbocycles. The van der Waals surface area contributed by atoms with Crippen LogP contribution in [-0.4, -0.2) is 23.0 Å². The molecule has 0 radical (unpaired) electrons. The molecule has 2 heterocycles. The van der Waals surface area contributed by atoms with Gasteiger partial charge in [-0.25, -0.2) is 14.8 Å². The lowest BCUT2D eigenvalue weighted by Gasteiger charge is -1.97. The third-order valence-corrected chi connectivity index (χ3v) is 4.84. The van der Waals surface area contributed by atoms with Gasteiger partial charge in [-0.1, -0.05) is 18.2 Å². The van der Waals surface area contributed by atoms with Crippen LogP contribution in [0, 0.1) is 0 Å². The highest BCUT2D eigenvalue weighted by atomic mass is 32.1. The second-order valence-electron chi connectivity index (χ2n) is 6.38. The molecule has 0 saturated heterocycles. The van der Waals surface area contributed by atoms with E-state index in [0.29, 0.717) is 45.1 Å². The van der Waals surface area contributed by atoms with Crippen molar-refractivity contribution in [3.8, 4) is 22.9 Å². The van der Waals surface area contributed by atoms with Crippen LogP contribution in [0.2, 0.25) is 0 Å². The lowest BCUT2D eigenvalue weighted by molar-refractivity contribution is 0.0602. The van der Waals surface area contributed by atoms with Crippen LogP contribution in [0.5, 0.6) is 0 Å². The van der Waals surface area contributed by atoms with Gasteiger partial charge in [0.05, 0.1) is 18.2 Å². The molecule has 7 heteroatoms. The first-order valence-corrected chi connectivity index (χ1v) is 9.26. The summed E-state index contributed by atoms with van der Waals surface area (Å²) >= 11 is 4.38. The number of benzene rings is 3. The fraction of sp³-hybridized carbons (Fsp3) is 0.0455. The molecule has 0 unspecified atom stereocenters. The molecular formula is C22H14N2O4S. The summed E-state index contributed by atoms with van der Waals surface area (Å²) < 4.78 is 16.7. The first-order chi connectivity index (χ1) is 14.1. The second-order valence-corrected chi connectivity index (χ2v) is 6.90. The Morgan fingerprint density at radius 3 is 2.38 bits per heavy atom. The zero-order valence-electron chi connectivity index (χ0n) is 15.2. The molecule has 6 nitrogen and oxygen atoms in total. The Labute approximate surface area is 170 Å². The summed E-state index contributed by atoms with van der Waals surface area (Å²) in [7, 11) is 1.33. The van der Waals surface area contributed by atoms with Gasteiger partial charge in [-0.15, -0.1) is 12.6 Å². The minimum absolute atomic E-state index is 0.346. The maximum atomic E-state index is 12.0. The van der Waals surface area contributed by atoms with Gasteiger partial charge in [-0.3, -0.25) is 0 Å². The summed E-state index contributed by atoms with van der Waals surface area (Å²) in [4.78, 5) is 22.0. The number of carbonyl (C=O) groups is 1. The van der Waals surface area contributed by atoms with Crippen molar-refractivity contribution in [2.75, 3.05) is 7.11 Å². The molecular weight excluding hydrogens is 388 g/mol. The number of esters is 1. The van der Waals surface area contributed by atoms with Crippen LogP contribution < -0.4 is 0 Å². The van der Waals surface area contributed by atoms with Crippen molar-refractivity contribution in [1.29, 1.82) is 0 Å². The number of aromatic nitrogens is 2. The predicted octanol–water partition coefficient (Wildman–Crippen LogP) is 5.38. The number of hydrogen-bond donors (Lipinski definition) is 1. The smallest absolute Gasteiger partial charge is 0.340 e. The minimum atomic E-state index is -0.469. The van der Waals surface area contributed by atoms with Crippen molar-refractivity contribution in [1.82, 2.24) is 9.97 Å². The van der Waals surface area contributed by atoms with Gasteiger partial charge in [-0.2, -0.15) is 0 Å². The molecule has 0 fully saturated rings. The van der Waals surface area contributed by atoms with Gasteiger partial charge in [0, 0.05) is 10.5 Å². The third kappa shape index (κ3) is 2.96. The molecule has 142 valence electrons. The quantitative estimate of drug-likeness (QED) is 0.322. The van der Waals surface area contributed by atoms with Gasteiger partial charge in [0.15, 0.2) is 11.2 Å². The zero-order valence-corrected chi connectivity index (χ0v) is 16.1. The number of thiol groups is 1. The molecule has 0 aliphatic heterocycles. The van der Waals surface area contributed by atoms with Crippen molar-refractivity contribution in [2.45, 2.75) is 4.90 Å². The number of methoxy groups -OCH3 is 1. The van der Waals surface area contributed by atoms with Gasteiger partial charge >= 0.3 is 5.97 Å². The van der Waals surface area contributed by atoms with Crippen LogP contribution >= 0.6 is 12.6 Å². The Hall–Kier alpha value is -3.58. The van der Waals surface area contributed by atoms with Gasteiger partial charge in [0.25, 0.3) is 0 Å². The number of carbonyl (C=O) groups excluding carboxylic acids is 1. The normalized spacial score (nSPS) is 11.2. The SMILES string of the molecule is COC(=O)c1cccc2oc(-c3cccc4oc(-c5cccc(S)c5)nc34)nc12. The summed E-state index contributed by atoms with van der Waals surface area (Å²) in [6.07, 6.45) is 0. The molecule has 2 aromatic heterocycles. The average Bonchev–Trinajstić information content (AvgIpc) is 3.37. The van der Waals surface area contributed by atoms with E-state index in [2.05, 4.69) is 22.6 Å². The molecule has 0 bridgehead atoms. The van der Waals surface area contributed by atoms with Crippen LogP contribution in [0.25, 0.3) is 45.1 Å². The minimum Gasteiger partial charge on any atom is -0.465 e. The van der Waals surface area contributed by atoms with E-state index >= 15 is 0 Å². The monoisotopic (exact) mass is 402 g/mol. The van der Waals surface area contributed by atoms with Gasteiger partial charge in [0.2, 0.25) is 11.8 Å². The van der Waals surface area contributed by atoms with Crippen LogP contribution in [0.1, 0.15) is 10.4 Å². The van der Waals surface area contributed by atoms with Crippen LogP contribution in [0.15, 0.2) is 74.4 Å². The zero-order chi connectivity index (χ0) is 20.0. The Bertz CT molecular complexity index is 1390. The highest BCUT2D eigenvalue weighted by molar-refractivity contribution is 7.80. The van der Waals surface area contributed by atoms with Crippen molar-refractivity contribution in [3.05, 3.63) is 66.2 Å². The lowest BCUT2D eigenvalue weighted by atomic mass is 10.2. The van der Waals surface area contributed by atoms with Crippen molar-refractivity contribution < 1.29 is 18.4 Å². The van der Waals surface area contributed by atoms with Crippen molar-refractivity contribution >= 4 is 40.8 Å². The molecule has 0 saturated carbocycles.